The van der Waals surface area contributed by atoms with Gasteiger partial charge in [-0.2, -0.15) is 5.10 Å². The van der Waals surface area contributed by atoms with Gasteiger partial charge in [-0.15, -0.1) is 0 Å². The second kappa shape index (κ2) is 7.86. The number of amides is 1. The number of oxazole rings is 1. The fourth-order valence-corrected chi connectivity index (χ4v) is 4.07. The van der Waals surface area contributed by atoms with Gasteiger partial charge in [0.05, 0.1) is 12.8 Å². The number of aryl methyl sites for hydroxylation is 1. The van der Waals surface area contributed by atoms with Gasteiger partial charge in [-0.25, -0.2) is 14.5 Å². The molecule has 0 saturated carbocycles. The number of pyridine rings is 1. The zero-order valence-electron chi connectivity index (χ0n) is 17.5. The number of ether oxygens (including phenoxy) is 1. The molecule has 4 heterocycles. The molecule has 5 rings (SSSR count). The standard InChI is InChI=1S/C23H23N5O3/c1-15-21(31-14-24-15)23(29)27-10-4-6-18(12-27)22-25-20-9-8-17(13-28(20)26-22)16-5-3-7-19(11-16)30-2/h3,5,7-9,11,13-14,18H,4,6,10,12H2,1-2H3/t18-/m0/s1. The lowest BCUT2D eigenvalue weighted by Crippen LogP contribution is -2.39. The highest BCUT2D eigenvalue weighted by Crippen LogP contribution is 2.28. The number of hydrogen-bond donors (Lipinski definition) is 0. The summed E-state index contributed by atoms with van der Waals surface area (Å²) in [5, 5.41) is 4.74. The minimum absolute atomic E-state index is 0.0843. The van der Waals surface area contributed by atoms with Crippen molar-refractivity contribution in [3.8, 4) is 16.9 Å². The average molecular weight is 417 g/mol. The summed E-state index contributed by atoms with van der Waals surface area (Å²) >= 11 is 0. The molecule has 158 valence electrons. The number of methoxy groups -OCH3 is 1. The number of benzene rings is 1. The van der Waals surface area contributed by atoms with Crippen LogP contribution in [0.15, 0.2) is 53.4 Å². The topological polar surface area (TPSA) is 85.8 Å². The molecule has 1 amide bonds. The lowest BCUT2D eigenvalue weighted by atomic mass is 9.97. The summed E-state index contributed by atoms with van der Waals surface area (Å²) in [6.45, 7) is 3.04. The van der Waals surface area contributed by atoms with E-state index in [9.17, 15) is 4.79 Å². The zero-order chi connectivity index (χ0) is 21.4. The van der Waals surface area contributed by atoms with Crippen LogP contribution in [0.25, 0.3) is 16.8 Å². The van der Waals surface area contributed by atoms with Crippen LogP contribution < -0.4 is 4.74 Å². The number of aromatic nitrogens is 4. The predicted octanol–water partition coefficient (Wildman–Crippen LogP) is 3.72. The van der Waals surface area contributed by atoms with Crippen LogP contribution in [0, 0.1) is 6.92 Å². The van der Waals surface area contributed by atoms with E-state index < -0.39 is 0 Å². The summed E-state index contributed by atoms with van der Waals surface area (Å²) in [5.41, 5.74) is 3.48. The minimum atomic E-state index is -0.122. The van der Waals surface area contributed by atoms with Crippen LogP contribution >= 0.6 is 0 Å². The van der Waals surface area contributed by atoms with E-state index >= 15 is 0 Å². The van der Waals surface area contributed by atoms with Crippen LogP contribution in [0.2, 0.25) is 0 Å². The molecule has 1 aromatic carbocycles. The maximum atomic E-state index is 12.8. The first-order chi connectivity index (χ1) is 15.1. The van der Waals surface area contributed by atoms with Gasteiger partial charge in [0.2, 0.25) is 5.76 Å². The molecule has 1 aliphatic rings. The first kappa shape index (κ1) is 19.3. The van der Waals surface area contributed by atoms with Crippen LogP contribution in [0.5, 0.6) is 5.75 Å². The molecule has 0 radical (unpaired) electrons. The maximum absolute atomic E-state index is 12.8. The number of nitrogens with zero attached hydrogens (tertiary/aromatic N) is 5. The van der Waals surface area contributed by atoms with Gasteiger partial charge in [-0.1, -0.05) is 12.1 Å². The number of likely N-dealkylation sites (tertiary alicyclic amines) is 1. The highest BCUT2D eigenvalue weighted by molar-refractivity contribution is 5.92. The predicted molar refractivity (Wildman–Crippen MR) is 114 cm³/mol. The Balaban J connectivity index is 1.40. The van der Waals surface area contributed by atoms with E-state index in [4.69, 9.17) is 19.2 Å². The van der Waals surface area contributed by atoms with Crippen molar-refractivity contribution in [2.45, 2.75) is 25.7 Å². The van der Waals surface area contributed by atoms with E-state index in [-0.39, 0.29) is 11.8 Å². The number of piperidine rings is 1. The molecule has 1 atom stereocenters. The first-order valence-electron chi connectivity index (χ1n) is 10.3. The van der Waals surface area contributed by atoms with Gasteiger partial charge in [-0.3, -0.25) is 4.79 Å². The third kappa shape index (κ3) is 3.65. The summed E-state index contributed by atoms with van der Waals surface area (Å²) in [6.07, 6.45) is 5.13. The number of carbonyl (C=O) groups excluding carboxylic acids is 1. The van der Waals surface area contributed by atoms with E-state index in [0.29, 0.717) is 24.5 Å². The van der Waals surface area contributed by atoms with Crippen molar-refractivity contribution in [2.24, 2.45) is 0 Å². The smallest absolute Gasteiger partial charge is 0.291 e. The van der Waals surface area contributed by atoms with Crippen LogP contribution in [-0.2, 0) is 0 Å². The molecule has 0 spiro atoms. The van der Waals surface area contributed by atoms with Crippen LogP contribution in [-0.4, -0.2) is 50.6 Å². The van der Waals surface area contributed by atoms with E-state index in [1.165, 1.54) is 6.39 Å². The first-order valence-corrected chi connectivity index (χ1v) is 10.3. The van der Waals surface area contributed by atoms with Gasteiger partial charge in [0.15, 0.2) is 17.9 Å². The van der Waals surface area contributed by atoms with Crippen LogP contribution in [0.1, 0.15) is 40.8 Å². The molecule has 4 aromatic rings. The Morgan fingerprint density at radius 3 is 2.94 bits per heavy atom. The fourth-order valence-electron chi connectivity index (χ4n) is 4.07. The van der Waals surface area contributed by atoms with Gasteiger partial charge in [-0.05, 0) is 49.6 Å². The molecule has 1 aliphatic heterocycles. The minimum Gasteiger partial charge on any atom is -0.497 e. The Bertz CT molecular complexity index is 1240. The fraction of sp³-hybridized carbons (Fsp3) is 0.304. The summed E-state index contributed by atoms with van der Waals surface area (Å²) < 4.78 is 12.4. The molecule has 0 bridgehead atoms. The molecule has 0 N–H and O–H groups in total. The maximum Gasteiger partial charge on any atom is 0.291 e. The molecular weight excluding hydrogens is 394 g/mol. The third-order valence-electron chi connectivity index (χ3n) is 5.76. The van der Waals surface area contributed by atoms with Gasteiger partial charge < -0.3 is 14.1 Å². The summed E-state index contributed by atoms with van der Waals surface area (Å²) in [4.78, 5) is 23.4. The van der Waals surface area contributed by atoms with Crippen molar-refractivity contribution in [1.29, 1.82) is 0 Å². The second-order valence-corrected chi connectivity index (χ2v) is 7.78. The molecule has 0 unspecified atom stereocenters. The number of hydrogen-bond acceptors (Lipinski definition) is 6. The van der Waals surface area contributed by atoms with E-state index in [1.54, 1.807) is 14.0 Å². The van der Waals surface area contributed by atoms with Crippen molar-refractivity contribution in [3.05, 3.63) is 66.3 Å². The highest BCUT2D eigenvalue weighted by atomic mass is 16.5. The molecule has 8 heteroatoms. The Morgan fingerprint density at radius 2 is 2.13 bits per heavy atom. The van der Waals surface area contributed by atoms with Gasteiger partial charge in [0, 0.05) is 30.8 Å². The van der Waals surface area contributed by atoms with E-state index in [2.05, 4.69) is 4.98 Å². The van der Waals surface area contributed by atoms with Gasteiger partial charge >= 0.3 is 0 Å². The lowest BCUT2D eigenvalue weighted by Gasteiger charge is -2.30. The lowest BCUT2D eigenvalue weighted by molar-refractivity contribution is 0.0671. The number of fused-ring (bicyclic) bond motifs is 1. The van der Waals surface area contributed by atoms with E-state index in [0.717, 1.165) is 41.2 Å². The Labute approximate surface area is 179 Å². The molecule has 1 saturated heterocycles. The summed E-state index contributed by atoms with van der Waals surface area (Å²) in [5.74, 6) is 1.84. The highest BCUT2D eigenvalue weighted by Gasteiger charge is 2.30. The van der Waals surface area contributed by atoms with Crippen molar-refractivity contribution < 1.29 is 13.9 Å². The van der Waals surface area contributed by atoms with Crippen LogP contribution in [0.3, 0.4) is 0 Å². The normalized spacial score (nSPS) is 16.6. The van der Waals surface area contributed by atoms with E-state index in [1.807, 2.05) is 52.0 Å². The Morgan fingerprint density at radius 1 is 1.23 bits per heavy atom. The molecule has 0 aliphatic carbocycles. The SMILES string of the molecule is COc1cccc(-c2ccc3nc([C@H]4CCCN(C(=O)c5ocnc5C)C4)nn3c2)c1. The monoisotopic (exact) mass is 417 g/mol. The molecule has 31 heavy (non-hydrogen) atoms. The second-order valence-electron chi connectivity index (χ2n) is 7.78. The Kier molecular flexibility index (Phi) is 4.89. The summed E-state index contributed by atoms with van der Waals surface area (Å²) in [6, 6.07) is 11.9. The molecule has 1 fully saturated rings. The molecular formula is C23H23N5O3. The number of carbonyl (C=O) groups is 1. The largest absolute Gasteiger partial charge is 0.497 e. The van der Waals surface area contributed by atoms with Crippen molar-refractivity contribution in [1.82, 2.24) is 24.5 Å². The number of rotatable bonds is 4. The molecule has 3 aromatic heterocycles. The third-order valence-corrected chi connectivity index (χ3v) is 5.76. The van der Waals surface area contributed by atoms with Crippen molar-refractivity contribution in [3.63, 3.8) is 0 Å². The summed E-state index contributed by atoms with van der Waals surface area (Å²) in [7, 11) is 1.66. The van der Waals surface area contributed by atoms with Gasteiger partial charge in [0.25, 0.3) is 5.91 Å². The molecule has 8 nitrogen and oxygen atoms in total. The van der Waals surface area contributed by atoms with Crippen molar-refractivity contribution >= 4 is 11.6 Å². The quantitative estimate of drug-likeness (QED) is 0.503. The van der Waals surface area contributed by atoms with Gasteiger partial charge in [0.1, 0.15) is 5.75 Å². The average Bonchev–Trinajstić information content (AvgIpc) is 3.44. The zero-order valence-corrected chi connectivity index (χ0v) is 17.5. The van der Waals surface area contributed by atoms with Crippen LogP contribution in [0.4, 0.5) is 0 Å². The Hall–Kier alpha value is -3.68. The van der Waals surface area contributed by atoms with Crippen molar-refractivity contribution in [2.75, 3.05) is 20.2 Å².